The van der Waals surface area contributed by atoms with Gasteiger partial charge in [0.25, 0.3) is 0 Å². The van der Waals surface area contributed by atoms with E-state index in [1.165, 1.54) is 19.2 Å². The molecule has 0 aliphatic carbocycles. The quantitative estimate of drug-likeness (QED) is 0.758. The average molecular weight is 237 g/mol. The average Bonchev–Trinajstić information content (AvgIpc) is 2.17. The minimum atomic E-state index is -4.50. The molecule has 0 atom stereocenters. The lowest BCUT2D eigenvalue weighted by Crippen LogP contribution is -2.06. The SMILES string of the molecule is COc1ccc(/C=C(/Cl)C(F)(F)F)cc1. The van der Waals surface area contributed by atoms with Crippen LogP contribution in [0.4, 0.5) is 13.2 Å². The van der Waals surface area contributed by atoms with Gasteiger partial charge in [-0.2, -0.15) is 13.2 Å². The third-order valence-corrected chi connectivity index (χ3v) is 2.00. The number of allylic oxidation sites excluding steroid dienone is 1. The number of alkyl halides is 3. The Morgan fingerprint density at radius 1 is 1.27 bits per heavy atom. The van der Waals surface area contributed by atoms with Crippen molar-refractivity contribution in [3.8, 4) is 5.75 Å². The first-order chi connectivity index (χ1) is 6.93. The van der Waals surface area contributed by atoms with E-state index in [1.807, 2.05) is 0 Å². The zero-order valence-corrected chi connectivity index (χ0v) is 8.56. The molecule has 5 heteroatoms. The smallest absolute Gasteiger partial charge is 0.426 e. The molecule has 0 aliphatic rings. The summed E-state index contributed by atoms with van der Waals surface area (Å²) in [5.74, 6) is 0.579. The van der Waals surface area contributed by atoms with E-state index in [9.17, 15) is 13.2 Å². The van der Waals surface area contributed by atoms with Gasteiger partial charge in [-0.15, -0.1) is 0 Å². The minimum Gasteiger partial charge on any atom is -0.497 e. The Morgan fingerprint density at radius 3 is 2.20 bits per heavy atom. The van der Waals surface area contributed by atoms with E-state index in [0.717, 1.165) is 6.08 Å². The first-order valence-corrected chi connectivity index (χ1v) is 4.39. The van der Waals surface area contributed by atoms with Gasteiger partial charge in [0.15, 0.2) is 0 Å². The number of hydrogen-bond acceptors (Lipinski definition) is 1. The van der Waals surface area contributed by atoms with Crippen molar-refractivity contribution in [1.82, 2.24) is 0 Å². The number of ether oxygens (including phenoxy) is 1. The van der Waals surface area contributed by atoms with Crippen molar-refractivity contribution in [1.29, 1.82) is 0 Å². The van der Waals surface area contributed by atoms with Crippen LogP contribution in [-0.4, -0.2) is 13.3 Å². The molecule has 0 heterocycles. The normalized spacial score (nSPS) is 12.7. The predicted octanol–water partition coefficient (Wildman–Crippen LogP) is 3.84. The molecular formula is C10H8ClF3O. The second kappa shape index (κ2) is 4.57. The van der Waals surface area contributed by atoms with Crippen LogP contribution in [-0.2, 0) is 0 Å². The van der Waals surface area contributed by atoms with Crippen molar-refractivity contribution in [2.45, 2.75) is 6.18 Å². The number of benzene rings is 1. The number of methoxy groups -OCH3 is 1. The van der Waals surface area contributed by atoms with E-state index in [1.54, 1.807) is 12.1 Å². The fourth-order valence-corrected chi connectivity index (χ4v) is 1.05. The summed E-state index contributed by atoms with van der Waals surface area (Å²) in [5.41, 5.74) is 0.373. The fraction of sp³-hybridized carbons (Fsp3) is 0.200. The molecule has 0 bridgehead atoms. The first-order valence-electron chi connectivity index (χ1n) is 4.02. The summed E-state index contributed by atoms with van der Waals surface area (Å²) in [6.07, 6.45) is -3.64. The van der Waals surface area contributed by atoms with Gasteiger partial charge in [-0.1, -0.05) is 23.7 Å². The van der Waals surface area contributed by atoms with Crippen molar-refractivity contribution in [3.05, 3.63) is 34.9 Å². The summed E-state index contributed by atoms with van der Waals surface area (Å²) >= 11 is 5.07. The summed E-state index contributed by atoms with van der Waals surface area (Å²) in [6, 6.07) is 6.11. The Bertz CT molecular complexity index is 354. The molecule has 0 unspecified atom stereocenters. The molecule has 0 N–H and O–H groups in total. The fourth-order valence-electron chi connectivity index (χ4n) is 0.928. The molecule has 0 amide bonds. The van der Waals surface area contributed by atoms with Gasteiger partial charge in [-0.25, -0.2) is 0 Å². The molecule has 0 saturated heterocycles. The van der Waals surface area contributed by atoms with E-state index in [4.69, 9.17) is 16.3 Å². The molecule has 1 aromatic rings. The molecule has 82 valence electrons. The Kier molecular flexibility index (Phi) is 3.63. The molecule has 0 aromatic heterocycles. The lowest BCUT2D eigenvalue weighted by molar-refractivity contribution is -0.0836. The highest BCUT2D eigenvalue weighted by molar-refractivity contribution is 6.32. The highest BCUT2D eigenvalue weighted by Crippen LogP contribution is 2.30. The Morgan fingerprint density at radius 2 is 1.80 bits per heavy atom. The molecule has 15 heavy (non-hydrogen) atoms. The number of halogens is 4. The number of rotatable bonds is 2. The van der Waals surface area contributed by atoms with Crippen LogP contribution >= 0.6 is 11.6 Å². The summed E-state index contributed by atoms with van der Waals surface area (Å²) in [7, 11) is 1.48. The third kappa shape index (κ3) is 3.47. The predicted molar refractivity (Wildman–Crippen MR) is 52.9 cm³/mol. The van der Waals surface area contributed by atoms with E-state index in [0.29, 0.717) is 11.3 Å². The lowest BCUT2D eigenvalue weighted by atomic mass is 10.2. The van der Waals surface area contributed by atoms with Gasteiger partial charge in [0.2, 0.25) is 0 Å². The maximum atomic E-state index is 12.1. The van der Waals surface area contributed by atoms with Crippen LogP contribution in [0, 0.1) is 0 Å². The van der Waals surface area contributed by atoms with Crippen molar-refractivity contribution in [3.63, 3.8) is 0 Å². The summed E-state index contributed by atoms with van der Waals surface area (Å²) in [5, 5.41) is -1.15. The van der Waals surface area contributed by atoms with Gasteiger partial charge in [0.1, 0.15) is 10.8 Å². The van der Waals surface area contributed by atoms with Crippen molar-refractivity contribution in [2.24, 2.45) is 0 Å². The minimum absolute atomic E-state index is 0.373. The molecule has 1 rings (SSSR count). The molecular weight excluding hydrogens is 229 g/mol. The zero-order valence-electron chi connectivity index (χ0n) is 7.81. The third-order valence-electron chi connectivity index (χ3n) is 1.68. The Balaban J connectivity index is 2.89. The van der Waals surface area contributed by atoms with E-state index < -0.39 is 11.2 Å². The Hall–Kier alpha value is -1.16. The van der Waals surface area contributed by atoms with Gasteiger partial charge in [-0.3, -0.25) is 0 Å². The van der Waals surface area contributed by atoms with Gasteiger partial charge in [-0.05, 0) is 23.8 Å². The van der Waals surface area contributed by atoms with Crippen LogP contribution in [0.3, 0.4) is 0 Å². The molecule has 0 aliphatic heterocycles. The van der Waals surface area contributed by atoms with Crippen molar-refractivity contribution < 1.29 is 17.9 Å². The molecule has 0 fully saturated rings. The largest absolute Gasteiger partial charge is 0.497 e. The number of hydrogen-bond donors (Lipinski definition) is 0. The topological polar surface area (TPSA) is 9.23 Å². The van der Waals surface area contributed by atoms with E-state index in [2.05, 4.69) is 0 Å². The van der Waals surface area contributed by atoms with Crippen LogP contribution in [0.2, 0.25) is 0 Å². The van der Waals surface area contributed by atoms with Crippen LogP contribution in [0.25, 0.3) is 6.08 Å². The van der Waals surface area contributed by atoms with Crippen LogP contribution < -0.4 is 4.74 Å². The van der Waals surface area contributed by atoms with Crippen molar-refractivity contribution >= 4 is 17.7 Å². The molecule has 0 spiro atoms. The molecule has 0 saturated carbocycles. The highest BCUT2D eigenvalue weighted by atomic mass is 35.5. The Labute approximate surface area is 90.1 Å². The second-order valence-corrected chi connectivity index (χ2v) is 3.17. The molecule has 0 radical (unpaired) electrons. The van der Waals surface area contributed by atoms with Crippen LogP contribution in [0.1, 0.15) is 5.56 Å². The van der Waals surface area contributed by atoms with Gasteiger partial charge < -0.3 is 4.74 Å². The molecule has 1 nitrogen and oxygen atoms in total. The lowest BCUT2D eigenvalue weighted by Gasteiger charge is -2.04. The van der Waals surface area contributed by atoms with Crippen molar-refractivity contribution in [2.75, 3.05) is 7.11 Å². The van der Waals surface area contributed by atoms with E-state index >= 15 is 0 Å². The second-order valence-electron chi connectivity index (χ2n) is 2.76. The molecule has 1 aromatic carbocycles. The maximum absolute atomic E-state index is 12.1. The van der Waals surface area contributed by atoms with Crippen LogP contribution in [0.5, 0.6) is 5.75 Å². The summed E-state index contributed by atoms with van der Waals surface area (Å²) in [6.45, 7) is 0. The monoisotopic (exact) mass is 236 g/mol. The maximum Gasteiger partial charge on any atom is 0.426 e. The van der Waals surface area contributed by atoms with E-state index in [-0.39, 0.29) is 0 Å². The standard InChI is InChI=1S/C10H8ClF3O/c1-15-8-4-2-7(3-5-8)6-9(11)10(12,13)14/h2-6H,1H3/b9-6+. The summed E-state index contributed by atoms with van der Waals surface area (Å²) in [4.78, 5) is 0. The van der Waals surface area contributed by atoms with Crippen LogP contribution in [0.15, 0.2) is 29.3 Å². The van der Waals surface area contributed by atoms with Gasteiger partial charge in [0, 0.05) is 0 Å². The van der Waals surface area contributed by atoms with Gasteiger partial charge >= 0.3 is 6.18 Å². The zero-order chi connectivity index (χ0) is 11.5. The first kappa shape index (κ1) is 11.9. The van der Waals surface area contributed by atoms with Gasteiger partial charge in [0.05, 0.1) is 7.11 Å². The summed E-state index contributed by atoms with van der Waals surface area (Å²) < 4.78 is 41.0. The highest BCUT2D eigenvalue weighted by Gasteiger charge is 2.32.